The first-order valence-electron chi connectivity index (χ1n) is 3.94. The molecule has 0 radical (unpaired) electrons. The number of carbonyl (C=O) groups excluding carboxylic acids is 1. The van der Waals surface area contributed by atoms with Crippen molar-refractivity contribution in [1.82, 2.24) is 9.78 Å². The van der Waals surface area contributed by atoms with Gasteiger partial charge in [0.15, 0.2) is 0 Å². The Morgan fingerprint density at radius 2 is 2.17 bits per heavy atom. The van der Waals surface area contributed by atoms with E-state index in [9.17, 15) is 4.79 Å². The molecule has 0 amide bonds. The second-order valence-electron chi connectivity index (χ2n) is 3.64. The Morgan fingerprint density at radius 1 is 1.58 bits per heavy atom. The van der Waals surface area contributed by atoms with Crippen LogP contribution in [0.2, 0.25) is 0 Å². The summed E-state index contributed by atoms with van der Waals surface area (Å²) < 4.78 is 1.73. The maximum absolute atomic E-state index is 10.8. The van der Waals surface area contributed by atoms with Gasteiger partial charge in [-0.2, -0.15) is 5.10 Å². The second-order valence-corrected chi connectivity index (χ2v) is 3.64. The van der Waals surface area contributed by atoms with Crippen LogP contribution in [0.5, 0.6) is 0 Å². The quantitative estimate of drug-likeness (QED) is 0.619. The molecule has 0 saturated heterocycles. The zero-order valence-electron chi connectivity index (χ0n) is 7.96. The summed E-state index contributed by atoms with van der Waals surface area (Å²) in [7, 11) is 1.86. The number of aromatic nitrogens is 2. The minimum atomic E-state index is -0.418. The van der Waals surface area contributed by atoms with E-state index >= 15 is 0 Å². The summed E-state index contributed by atoms with van der Waals surface area (Å²) in [5.74, 6) is 0. The molecule has 12 heavy (non-hydrogen) atoms. The van der Waals surface area contributed by atoms with E-state index in [0.29, 0.717) is 0 Å². The topological polar surface area (TPSA) is 34.9 Å². The molecule has 0 aliphatic carbocycles. The molecule has 0 spiro atoms. The predicted octanol–water partition coefficient (Wildman–Crippen LogP) is 1.21. The lowest BCUT2D eigenvalue weighted by atomic mass is 9.87. The van der Waals surface area contributed by atoms with Gasteiger partial charge in [0, 0.05) is 24.2 Å². The van der Waals surface area contributed by atoms with Crippen LogP contribution in [0.3, 0.4) is 0 Å². The molecule has 0 aliphatic rings. The maximum Gasteiger partial charge on any atom is 0.130 e. The molecule has 0 aliphatic heterocycles. The van der Waals surface area contributed by atoms with Crippen LogP contribution in [0.1, 0.15) is 25.1 Å². The van der Waals surface area contributed by atoms with Gasteiger partial charge in [-0.1, -0.05) is 0 Å². The molecule has 0 bridgehead atoms. The highest BCUT2D eigenvalue weighted by Crippen LogP contribution is 2.22. The Labute approximate surface area is 72.4 Å². The van der Waals surface area contributed by atoms with Crippen LogP contribution >= 0.6 is 0 Å². The van der Waals surface area contributed by atoms with Crippen molar-refractivity contribution in [2.75, 3.05) is 0 Å². The fourth-order valence-corrected chi connectivity index (χ4v) is 1.30. The summed E-state index contributed by atoms with van der Waals surface area (Å²) in [4.78, 5) is 10.8. The van der Waals surface area contributed by atoms with E-state index in [1.165, 1.54) is 0 Å². The Bertz CT molecular complexity index is 299. The Kier molecular flexibility index (Phi) is 2.04. The van der Waals surface area contributed by atoms with Gasteiger partial charge < -0.3 is 4.79 Å². The van der Waals surface area contributed by atoms with Gasteiger partial charge in [-0.3, -0.25) is 4.68 Å². The van der Waals surface area contributed by atoms with Gasteiger partial charge in [-0.05, 0) is 20.8 Å². The number of aldehydes is 1. The van der Waals surface area contributed by atoms with Crippen molar-refractivity contribution in [3.63, 3.8) is 0 Å². The largest absolute Gasteiger partial charge is 0.302 e. The van der Waals surface area contributed by atoms with Gasteiger partial charge in [0.2, 0.25) is 0 Å². The summed E-state index contributed by atoms with van der Waals surface area (Å²) in [5.41, 5.74) is 1.51. The number of aryl methyl sites for hydroxylation is 2. The zero-order valence-corrected chi connectivity index (χ0v) is 7.96. The average molecular weight is 166 g/mol. The van der Waals surface area contributed by atoms with E-state index in [1.807, 2.05) is 34.0 Å². The third-order valence-electron chi connectivity index (χ3n) is 2.00. The predicted molar refractivity (Wildman–Crippen MR) is 47.0 cm³/mol. The van der Waals surface area contributed by atoms with Crippen LogP contribution < -0.4 is 0 Å². The van der Waals surface area contributed by atoms with Gasteiger partial charge >= 0.3 is 0 Å². The molecule has 1 aromatic rings. The Morgan fingerprint density at radius 3 is 2.50 bits per heavy atom. The zero-order chi connectivity index (χ0) is 9.35. The van der Waals surface area contributed by atoms with Crippen molar-refractivity contribution in [2.24, 2.45) is 7.05 Å². The van der Waals surface area contributed by atoms with Crippen molar-refractivity contribution in [1.29, 1.82) is 0 Å². The number of nitrogens with zero attached hydrogens (tertiary/aromatic N) is 2. The van der Waals surface area contributed by atoms with Gasteiger partial charge in [0.1, 0.15) is 6.29 Å². The monoisotopic (exact) mass is 166 g/mol. The second kappa shape index (κ2) is 2.73. The summed E-state index contributed by atoms with van der Waals surface area (Å²) in [6, 6.07) is 0. The normalized spacial score (nSPS) is 11.7. The fourth-order valence-electron chi connectivity index (χ4n) is 1.30. The van der Waals surface area contributed by atoms with E-state index < -0.39 is 5.41 Å². The van der Waals surface area contributed by atoms with Gasteiger partial charge in [-0.15, -0.1) is 0 Å². The molecular formula is C9H14N2O. The summed E-state index contributed by atoms with van der Waals surface area (Å²) in [6.07, 6.45) is 2.85. The molecule has 0 aromatic carbocycles. The SMILES string of the molecule is Cc1nn(C)cc1C(C)(C)C=O. The summed E-state index contributed by atoms with van der Waals surface area (Å²) >= 11 is 0. The highest BCUT2D eigenvalue weighted by atomic mass is 16.1. The first kappa shape index (κ1) is 8.97. The molecule has 0 N–H and O–H groups in total. The van der Waals surface area contributed by atoms with E-state index in [0.717, 1.165) is 17.5 Å². The lowest BCUT2D eigenvalue weighted by Gasteiger charge is -2.14. The molecule has 3 nitrogen and oxygen atoms in total. The Hall–Kier alpha value is -1.12. The fraction of sp³-hybridized carbons (Fsp3) is 0.556. The molecule has 1 aromatic heterocycles. The van der Waals surface area contributed by atoms with Crippen LogP contribution in [-0.4, -0.2) is 16.1 Å². The molecule has 0 atom stereocenters. The van der Waals surface area contributed by atoms with Crippen LogP contribution in [0.25, 0.3) is 0 Å². The highest BCUT2D eigenvalue weighted by Gasteiger charge is 2.23. The van der Waals surface area contributed by atoms with Crippen molar-refractivity contribution < 1.29 is 4.79 Å². The summed E-state index contributed by atoms with van der Waals surface area (Å²) in [6.45, 7) is 5.70. The van der Waals surface area contributed by atoms with Gasteiger partial charge in [0.25, 0.3) is 0 Å². The lowest BCUT2D eigenvalue weighted by Crippen LogP contribution is -2.19. The molecule has 3 heteroatoms. The third kappa shape index (κ3) is 1.40. The molecule has 0 saturated carbocycles. The number of rotatable bonds is 2. The first-order chi connectivity index (χ1) is 5.47. The van der Waals surface area contributed by atoms with Crippen molar-refractivity contribution >= 4 is 6.29 Å². The summed E-state index contributed by atoms with van der Waals surface area (Å²) in [5, 5.41) is 4.18. The van der Waals surface area contributed by atoms with Crippen LogP contribution in [0.4, 0.5) is 0 Å². The van der Waals surface area contributed by atoms with E-state index in [1.54, 1.807) is 4.68 Å². The maximum atomic E-state index is 10.8. The third-order valence-corrected chi connectivity index (χ3v) is 2.00. The van der Waals surface area contributed by atoms with Crippen molar-refractivity contribution in [3.8, 4) is 0 Å². The molecule has 66 valence electrons. The lowest BCUT2D eigenvalue weighted by molar-refractivity contribution is -0.111. The van der Waals surface area contributed by atoms with Crippen LogP contribution in [-0.2, 0) is 17.3 Å². The average Bonchev–Trinajstić information content (AvgIpc) is 2.31. The minimum Gasteiger partial charge on any atom is -0.302 e. The molecule has 1 heterocycles. The van der Waals surface area contributed by atoms with Crippen LogP contribution in [0, 0.1) is 6.92 Å². The van der Waals surface area contributed by atoms with Crippen LogP contribution in [0.15, 0.2) is 6.20 Å². The van der Waals surface area contributed by atoms with Gasteiger partial charge in [-0.25, -0.2) is 0 Å². The Balaban J connectivity index is 3.18. The van der Waals surface area contributed by atoms with E-state index in [-0.39, 0.29) is 0 Å². The molecule has 0 unspecified atom stereocenters. The molecular weight excluding hydrogens is 152 g/mol. The standard InChI is InChI=1S/C9H14N2O/c1-7-8(5-11(4)10-7)9(2,3)6-12/h5-6H,1-4H3. The van der Waals surface area contributed by atoms with Gasteiger partial charge in [0.05, 0.1) is 5.69 Å². The van der Waals surface area contributed by atoms with Crippen molar-refractivity contribution in [2.45, 2.75) is 26.2 Å². The smallest absolute Gasteiger partial charge is 0.130 e. The number of carbonyl (C=O) groups is 1. The van der Waals surface area contributed by atoms with E-state index in [4.69, 9.17) is 0 Å². The molecule has 1 rings (SSSR count). The number of hydrogen-bond acceptors (Lipinski definition) is 2. The number of hydrogen-bond donors (Lipinski definition) is 0. The van der Waals surface area contributed by atoms with Crippen molar-refractivity contribution in [3.05, 3.63) is 17.5 Å². The minimum absolute atomic E-state index is 0.418. The highest BCUT2D eigenvalue weighted by molar-refractivity contribution is 5.67. The first-order valence-corrected chi connectivity index (χ1v) is 3.94. The molecule has 0 fully saturated rings. The van der Waals surface area contributed by atoms with E-state index in [2.05, 4.69) is 5.10 Å².